The molecule has 2 bridgehead atoms. The Bertz CT molecular complexity index is 430. The van der Waals surface area contributed by atoms with Crippen LogP contribution in [0.5, 0.6) is 0 Å². The first-order valence-electron chi connectivity index (χ1n) is 7.43. The summed E-state index contributed by atoms with van der Waals surface area (Å²) in [5.74, 6) is 2.94. The number of fused-ring (bicyclic) bond motifs is 6. The van der Waals surface area contributed by atoms with Crippen LogP contribution in [0.25, 0.3) is 0 Å². The largest absolute Gasteiger partial charge is 0.365 e. The van der Waals surface area contributed by atoms with Crippen LogP contribution in [0.2, 0.25) is 0 Å². The molecule has 3 saturated heterocycles. The van der Waals surface area contributed by atoms with Gasteiger partial charge in [-0.05, 0) is 43.6 Å². The lowest BCUT2D eigenvalue weighted by molar-refractivity contribution is 0.101. The molecule has 18 heavy (non-hydrogen) atoms. The number of ether oxygens (including phenoxy) is 1. The third-order valence-corrected chi connectivity index (χ3v) is 7.47. The molecule has 98 valence electrons. The topological polar surface area (TPSA) is 9.23 Å². The molecule has 1 aliphatic carbocycles. The van der Waals surface area contributed by atoms with Crippen LogP contribution in [0.15, 0.2) is 23.3 Å². The zero-order valence-corrected chi connectivity index (χ0v) is 12.1. The zero-order chi connectivity index (χ0) is 12.3. The van der Waals surface area contributed by atoms with Gasteiger partial charge in [0.15, 0.2) is 0 Å². The van der Waals surface area contributed by atoms with Crippen molar-refractivity contribution in [1.82, 2.24) is 0 Å². The van der Waals surface area contributed by atoms with Gasteiger partial charge in [0, 0.05) is 16.6 Å². The van der Waals surface area contributed by atoms with E-state index in [4.69, 9.17) is 4.74 Å². The summed E-state index contributed by atoms with van der Waals surface area (Å²) in [6, 6.07) is 0. The van der Waals surface area contributed by atoms with E-state index in [9.17, 15) is 0 Å². The summed E-state index contributed by atoms with van der Waals surface area (Å²) in [4.78, 5) is 0. The van der Waals surface area contributed by atoms with Crippen molar-refractivity contribution in [2.24, 2.45) is 11.8 Å². The molecule has 1 nitrogen and oxygen atoms in total. The molecule has 0 aromatic carbocycles. The maximum absolute atomic E-state index is 6.38. The number of hydrogen-bond donors (Lipinski definition) is 0. The highest BCUT2D eigenvalue weighted by atomic mass is 32.2. The summed E-state index contributed by atoms with van der Waals surface area (Å²) in [5.41, 5.74) is 3.01. The van der Waals surface area contributed by atoms with Gasteiger partial charge in [0.25, 0.3) is 0 Å². The van der Waals surface area contributed by atoms with Crippen molar-refractivity contribution in [3.05, 3.63) is 23.3 Å². The number of thioether (sulfide) groups is 1. The molecule has 0 aromatic rings. The first-order chi connectivity index (χ1) is 8.80. The highest BCUT2D eigenvalue weighted by Gasteiger charge is 2.64. The van der Waals surface area contributed by atoms with Crippen LogP contribution in [0.3, 0.4) is 0 Å². The summed E-state index contributed by atoms with van der Waals surface area (Å²) in [6.45, 7) is 4.35. The predicted octanol–water partition coefficient (Wildman–Crippen LogP) is 3.95. The molecule has 4 atom stereocenters. The molecule has 3 heterocycles. The molecule has 0 amide bonds. The quantitative estimate of drug-likeness (QED) is 0.653. The maximum atomic E-state index is 6.38. The Morgan fingerprint density at radius 2 is 1.78 bits per heavy atom. The molecule has 0 N–H and O–H groups in total. The van der Waals surface area contributed by atoms with Gasteiger partial charge in [-0.1, -0.05) is 25.0 Å². The molecule has 1 spiro atoms. The van der Waals surface area contributed by atoms with E-state index in [0.29, 0.717) is 17.0 Å². The third-order valence-electron chi connectivity index (χ3n) is 5.66. The molecule has 4 fully saturated rings. The Kier molecular flexibility index (Phi) is 2.51. The minimum atomic E-state index is 0.420. The minimum absolute atomic E-state index is 0.420. The van der Waals surface area contributed by atoms with Gasteiger partial charge in [-0.3, -0.25) is 0 Å². The second-order valence-corrected chi connectivity index (χ2v) is 7.67. The third kappa shape index (κ3) is 1.24. The van der Waals surface area contributed by atoms with Gasteiger partial charge < -0.3 is 4.74 Å². The zero-order valence-electron chi connectivity index (χ0n) is 11.3. The van der Waals surface area contributed by atoms with Gasteiger partial charge >= 0.3 is 0 Å². The van der Waals surface area contributed by atoms with E-state index >= 15 is 0 Å². The fraction of sp³-hybridized carbons (Fsp3) is 0.750. The Hall–Kier alpha value is -0.210. The van der Waals surface area contributed by atoms with Crippen molar-refractivity contribution < 1.29 is 4.74 Å². The van der Waals surface area contributed by atoms with Crippen LogP contribution >= 0.6 is 11.8 Å². The Balaban J connectivity index is 1.75. The van der Waals surface area contributed by atoms with Crippen molar-refractivity contribution >= 4 is 11.8 Å². The number of rotatable bonds is 0. The Morgan fingerprint density at radius 1 is 1.11 bits per heavy atom. The van der Waals surface area contributed by atoms with Crippen LogP contribution in [0.4, 0.5) is 0 Å². The molecule has 1 saturated carbocycles. The van der Waals surface area contributed by atoms with Crippen molar-refractivity contribution in [1.29, 1.82) is 0 Å². The molecule has 2 heteroatoms. The highest BCUT2D eigenvalue weighted by molar-refractivity contribution is 8.01. The van der Waals surface area contributed by atoms with Crippen LogP contribution in [-0.4, -0.2) is 22.7 Å². The highest BCUT2D eigenvalue weighted by Crippen LogP contribution is 2.65. The summed E-state index contributed by atoms with van der Waals surface area (Å²) in [5, 5.41) is 0. The first-order valence-corrected chi connectivity index (χ1v) is 8.41. The molecule has 4 unspecified atom stereocenters. The van der Waals surface area contributed by atoms with Gasteiger partial charge in [-0.15, -0.1) is 0 Å². The van der Waals surface area contributed by atoms with Gasteiger partial charge in [0.05, 0.1) is 12.2 Å². The fourth-order valence-electron chi connectivity index (χ4n) is 4.98. The van der Waals surface area contributed by atoms with E-state index in [1.807, 2.05) is 0 Å². The molecule has 0 aromatic heterocycles. The lowest BCUT2D eigenvalue weighted by atomic mass is 9.69. The summed E-state index contributed by atoms with van der Waals surface area (Å²) in [7, 11) is 0. The summed E-state index contributed by atoms with van der Waals surface area (Å²) in [6.07, 6.45) is 11.2. The van der Waals surface area contributed by atoms with E-state index in [0.717, 1.165) is 11.8 Å². The maximum Gasteiger partial charge on any atom is 0.0879 e. The Morgan fingerprint density at radius 3 is 2.44 bits per heavy atom. The molecule has 4 aliphatic rings. The van der Waals surface area contributed by atoms with Gasteiger partial charge in [0.2, 0.25) is 0 Å². The molecular formula is C16H22OS. The number of hydrogen-bond acceptors (Lipinski definition) is 2. The van der Waals surface area contributed by atoms with E-state index in [-0.39, 0.29) is 0 Å². The second kappa shape index (κ2) is 3.89. The van der Waals surface area contributed by atoms with Crippen molar-refractivity contribution in [3.63, 3.8) is 0 Å². The van der Waals surface area contributed by atoms with Crippen LogP contribution in [0, 0.1) is 11.8 Å². The molecule has 4 rings (SSSR count). The van der Waals surface area contributed by atoms with Crippen molar-refractivity contribution in [3.8, 4) is 0 Å². The van der Waals surface area contributed by atoms with Crippen LogP contribution in [-0.2, 0) is 4.74 Å². The second-order valence-electron chi connectivity index (χ2n) is 6.24. The predicted molar refractivity (Wildman–Crippen MR) is 76.8 cm³/mol. The van der Waals surface area contributed by atoms with Crippen molar-refractivity contribution in [2.45, 2.75) is 56.5 Å². The summed E-state index contributed by atoms with van der Waals surface area (Å²) < 4.78 is 6.96. The SMILES string of the molecule is CC=C1C(=CC)C2OC1C1CSC3(CCCC3)C21. The monoisotopic (exact) mass is 262 g/mol. The minimum Gasteiger partial charge on any atom is -0.365 e. The van der Waals surface area contributed by atoms with Gasteiger partial charge in [-0.2, -0.15) is 11.8 Å². The van der Waals surface area contributed by atoms with Crippen molar-refractivity contribution in [2.75, 3.05) is 5.75 Å². The van der Waals surface area contributed by atoms with Crippen LogP contribution in [0.1, 0.15) is 39.5 Å². The van der Waals surface area contributed by atoms with E-state index in [1.165, 1.54) is 42.6 Å². The lowest BCUT2D eigenvalue weighted by Crippen LogP contribution is -2.39. The fourth-order valence-corrected chi connectivity index (χ4v) is 6.96. The molecular weight excluding hydrogens is 240 g/mol. The molecule has 3 aliphatic heterocycles. The summed E-state index contributed by atoms with van der Waals surface area (Å²) >= 11 is 2.28. The standard InChI is InChI=1S/C16H22OS/c1-3-10-11(4-2)15-13-12(14(10)17-15)9-18-16(13)7-5-6-8-16/h3-4,12-15H,5-9H2,1-2H3. The van der Waals surface area contributed by atoms with Gasteiger partial charge in [0.1, 0.15) is 0 Å². The average molecular weight is 262 g/mol. The van der Waals surface area contributed by atoms with E-state index < -0.39 is 0 Å². The van der Waals surface area contributed by atoms with Crippen LogP contribution < -0.4 is 0 Å². The van der Waals surface area contributed by atoms with E-state index in [2.05, 4.69) is 37.8 Å². The molecule has 0 radical (unpaired) electrons. The smallest absolute Gasteiger partial charge is 0.0879 e. The van der Waals surface area contributed by atoms with E-state index in [1.54, 1.807) is 0 Å². The first kappa shape index (κ1) is 11.6. The normalized spacial score (nSPS) is 48.8. The van der Waals surface area contributed by atoms with Gasteiger partial charge in [-0.25, -0.2) is 0 Å². The Labute approximate surface area is 114 Å². The number of allylic oxidation sites excluding steroid dienone is 2. The lowest BCUT2D eigenvalue weighted by Gasteiger charge is -2.35. The average Bonchev–Trinajstić information content (AvgIpc) is 3.12.